The van der Waals surface area contributed by atoms with E-state index in [1.165, 1.54) is 0 Å². The van der Waals surface area contributed by atoms with Crippen molar-refractivity contribution >= 4 is 21.7 Å². The highest BCUT2D eigenvalue weighted by Crippen LogP contribution is 2.17. The summed E-state index contributed by atoms with van der Waals surface area (Å²) in [5.74, 6) is 1.09. The summed E-state index contributed by atoms with van der Waals surface area (Å²) in [6.07, 6.45) is 4.18. The molecule has 0 spiro atoms. The fourth-order valence-corrected chi connectivity index (χ4v) is 2.27. The maximum Gasteiger partial charge on any atom is 0.128 e. The quantitative estimate of drug-likeness (QED) is 0.925. The average Bonchev–Trinajstić information content (AvgIpc) is 2.38. The van der Waals surface area contributed by atoms with Gasteiger partial charge in [0.2, 0.25) is 0 Å². The van der Waals surface area contributed by atoms with Crippen molar-refractivity contribution in [2.75, 3.05) is 24.5 Å². The number of nitrogens with zero attached hydrogens (tertiary/aromatic N) is 2. The molecule has 1 aliphatic rings. The standard InChI is InChI=1S/C13H18BrN3/c1-11(14)10-16-12-5-8-17(9-6-12)13-4-2-3-7-15-13/h2-4,7,12,16H,1,5-6,8-10H2. The number of pyridine rings is 1. The number of hydrogen-bond donors (Lipinski definition) is 1. The first-order chi connectivity index (χ1) is 8.25. The predicted octanol–water partition coefficient (Wildman–Crippen LogP) is 2.55. The minimum atomic E-state index is 0.601. The van der Waals surface area contributed by atoms with E-state index in [0.29, 0.717) is 6.04 Å². The topological polar surface area (TPSA) is 28.2 Å². The molecule has 0 bridgehead atoms. The molecule has 17 heavy (non-hydrogen) atoms. The highest BCUT2D eigenvalue weighted by Gasteiger charge is 2.19. The van der Waals surface area contributed by atoms with E-state index >= 15 is 0 Å². The van der Waals surface area contributed by atoms with Gasteiger partial charge in [-0.25, -0.2) is 4.98 Å². The summed E-state index contributed by atoms with van der Waals surface area (Å²) in [4.78, 5) is 6.73. The zero-order chi connectivity index (χ0) is 12.1. The molecule has 92 valence electrons. The lowest BCUT2D eigenvalue weighted by Gasteiger charge is -2.33. The van der Waals surface area contributed by atoms with Crippen molar-refractivity contribution in [1.29, 1.82) is 0 Å². The first-order valence-corrected chi connectivity index (χ1v) is 6.77. The van der Waals surface area contributed by atoms with Gasteiger partial charge in [0.05, 0.1) is 0 Å². The summed E-state index contributed by atoms with van der Waals surface area (Å²) in [6.45, 7) is 6.84. The molecule has 2 rings (SSSR count). The number of hydrogen-bond acceptors (Lipinski definition) is 3. The summed E-state index contributed by atoms with van der Waals surface area (Å²) < 4.78 is 1.02. The van der Waals surface area contributed by atoms with Gasteiger partial charge in [-0.05, 0) is 25.0 Å². The average molecular weight is 296 g/mol. The molecule has 0 aliphatic carbocycles. The van der Waals surface area contributed by atoms with Crippen molar-refractivity contribution in [2.45, 2.75) is 18.9 Å². The van der Waals surface area contributed by atoms with Crippen molar-refractivity contribution in [3.05, 3.63) is 35.5 Å². The number of halogens is 1. The molecule has 1 aliphatic heterocycles. The Bertz CT molecular complexity index is 358. The van der Waals surface area contributed by atoms with E-state index in [9.17, 15) is 0 Å². The molecule has 1 saturated heterocycles. The molecule has 0 unspecified atom stereocenters. The molecule has 1 aromatic rings. The second-order valence-electron chi connectivity index (χ2n) is 4.35. The highest BCUT2D eigenvalue weighted by atomic mass is 79.9. The van der Waals surface area contributed by atoms with E-state index in [1.807, 2.05) is 18.3 Å². The first-order valence-electron chi connectivity index (χ1n) is 5.98. The summed E-state index contributed by atoms with van der Waals surface area (Å²) in [5.41, 5.74) is 0. The van der Waals surface area contributed by atoms with Gasteiger partial charge in [-0.3, -0.25) is 0 Å². The fourth-order valence-electron chi connectivity index (χ4n) is 2.11. The summed E-state index contributed by atoms with van der Waals surface area (Å²) >= 11 is 3.37. The molecule has 4 heteroatoms. The third kappa shape index (κ3) is 3.82. The van der Waals surface area contributed by atoms with Gasteiger partial charge in [-0.15, -0.1) is 0 Å². The maximum absolute atomic E-state index is 4.39. The molecule has 2 heterocycles. The van der Waals surface area contributed by atoms with E-state index in [1.54, 1.807) is 0 Å². The third-order valence-corrected chi connectivity index (χ3v) is 3.33. The van der Waals surface area contributed by atoms with Gasteiger partial charge >= 0.3 is 0 Å². The zero-order valence-corrected chi connectivity index (χ0v) is 11.5. The van der Waals surface area contributed by atoms with Crippen LogP contribution in [-0.2, 0) is 0 Å². The van der Waals surface area contributed by atoms with Crippen LogP contribution >= 0.6 is 15.9 Å². The van der Waals surface area contributed by atoms with Gasteiger partial charge in [0.25, 0.3) is 0 Å². The molecule has 1 aromatic heterocycles. The number of piperidine rings is 1. The first kappa shape index (κ1) is 12.6. The van der Waals surface area contributed by atoms with Gasteiger partial charge in [-0.1, -0.05) is 28.6 Å². The molecule has 1 N–H and O–H groups in total. The van der Waals surface area contributed by atoms with Gasteiger partial charge in [0, 0.05) is 36.4 Å². The fraction of sp³-hybridized carbons (Fsp3) is 0.462. The van der Waals surface area contributed by atoms with Crippen LogP contribution in [0.3, 0.4) is 0 Å². The zero-order valence-electron chi connectivity index (χ0n) is 9.90. The van der Waals surface area contributed by atoms with E-state index in [2.05, 4.69) is 43.8 Å². The van der Waals surface area contributed by atoms with Crippen LogP contribution in [0.25, 0.3) is 0 Å². The van der Waals surface area contributed by atoms with Crippen molar-refractivity contribution in [3.63, 3.8) is 0 Å². The van der Waals surface area contributed by atoms with Crippen LogP contribution in [0.4, 0.5) is 5.82 Å². The monoisotopic (exact) mass is 295 g/mol. The van der Waals surface area contributed by atoms with E-state index in [-0.39, 0.29) is 0 Å². The van der Waals surface area contributed by atoms with Gasteiger partial charge in [0.1, 0.15) is 5.82 Å². The third-order valence-electron chi connectivity index (χ3n) is 3.05. The largest absolute Gasteiger partial charge is 0.357 e. The Labute approximate surface area is 111 Å². The lowest BCUT2D eigenvalue weighted by molar-refractivity contribution is 0.428. The van der Waals surface area contributed by atoms with Crippen LogP contribution in [0.15, 0.2) is 35.5 Å². The number of rotatable bonds is 4. The van der Waals surface area contributed by atoms with Crippen LogP contribution in [0, 0.1) is 0 Å². The van der Waals surface area contributed by atoms with Crippen molar-refractivity contribution < 1.29 is 0 Å². The van der Waals surface area contributed by atoms with Crippen LogP contribution in [-0.4, -0.2) is 30.7 Å². The van der Waals surface area contributed by atoms with Crippen LogP contribution < -0.4 is 10.2 Å². The number of anilines is 1. The molecule has 0 saturated carbocycles. The summed E-state index contributed by atoms with van der Waals surface area (Å²) in [5, 5.41) is 3.50. The Morgan fingerprint density at radius 1 is 1.47 bits per heavy atom. The lowest BCUT2D eigenvalue weighted by atomic mass is 10.1. The Hall–Kier alpha value is -0.870. The van der Waals surface area contributed by atoms with Crippen molar-refractivity contribution in [1.82, 2.24) is 10.3 Å². The summed E-state index contributed by atoms with van der Waals surface area (Å²) in [7, 11) is 0. The van der Waals surface area contributed by atoms with Crippen LogP contribution in [0.5, 0.6) is 0 Å². The van der Waals surface area contributed by atoms with Crippen molar-refractivity contribution in [2.24, 2.45) is 0 Å². The van der Waals surface area contributed by atoms with Crippen LogP contribution in [0.2, 0.25) is 0 Å². The lowest BCUT2D eigenvalue weighted by Crippen LogP contribution is -2.43. The highest BCUT2D eigenvalue weighted by molar-refractivity contribution is 9.11. The molecule has 0 radical (unpaired) electrons. The second-order valence-corrected chi connectivity index (χ2v) is 5.47. The minimum Gasteiger partial charge on any atom is -0.357 e. The van der Waals surface area contributed by atoms with Crippen molar-refractivity contribution in [3.8, 4) is 0 Å². The summed E-state index contributed by atoms with van der Waals surface area (Å²) in [6, 6.07) is 6.68. The number of nitrogens with one attached hydrogen (secondary N) is 1. The van der Waals surface area contributed by atoms with Crippen LogP contribution in [0.1, 0.15) is 12.8 Å². The molecule has 3 nitrogen and oxygen atoms in total. The molecular weight excluding hydrogens is 278 g/mol. The molecule has 0 aromatic carbocycles. The Balaban J connectivity index is 1.80. The van der Waals surface area contributed by atoms with E-state index in [0.717, 1.165) is 42.8 Å². The predicted molar refractivity (Wildman–Crippen MR) is 75.5 cm³/mol. The molecule has 0 amide bonds. The maximum atomic E-state index is 4.39. The normalized spacial score (nSPS) is 17.1. The van der Waals surface area contributed by atoms with Gasteiger partial charge in [-0.2, -0.15) is 0 Å². The van der Waals surface area contributed by atoms with Gasteiger partial charge < -0.3 is 10.2 Å². The van der Waals surface area contributed by atoms with Gasteiger partial charge in [0.15, 0.2) is 0 Å². The SMILES string of the molecule is C=C(Br)CNC1CCN(c2ccccn2)CC1. The number of aromatic nitrogens is 1. The molecular formula is C13H18BrN3. The minimum absolute atomic E-state index is 0.601. The van der Waals surface area contributed by atoms with E-state index in [4.69, 9.17) is 0 Å². The Morgan fingerprint density at radius 2 is 2.24 bits per heavy atom. The second kappa shape index (κ2) is 6.17. The smallest absolute Gasteiger partial charge is 0.128 e. The Morgan fingerprint density at radius 3 is 2.82 bits per heavy atom. The van der Waals surface area contributed by atoms with E-state index < -0.39 is 0 Å². The Kier molecular flexibility index (Phi) is 4.57. The molecule has 0 atom stereocenters. The molecule has 1 fully saturated rings.